The smallest absolute Gasteiger partial charge is 0.278 e. The van der Waals surface area contributed by atoms with Crippen LogP contribution in [0.4, 0.5) is 0 Å². The van der Waals surface area contributed by atoms with E-state index in [1.54, 1.807) is 19.0 Å². The van der Waals surface area contributed by atoms with Gasteiger partial charge in [-0.3, -0.25) is 14.5 Å². The average molecular weight is 338 g/mol. The van der Waals surface area contributed by atoms with E-state index >= 15 is 0 Å². The number of amides is 2. The maximum atomic E-state index is 12.8. The van der Waals surface area contributed by atoms with Crippen molar-refractivity contribution in [1.29, 1.82) is 0 Å². The molecule has 0 aliphatic carbocycles. The zero-order valence-electron chi connectivity index (χ0n) is 13.6. The molecule has 1 aliphatic heterocycles. The average Bonchev–Trinajstić information content (AvgIpc) is 2.81. The molecular weight excluding hydrogens is 320 g/mol. The minimum absolute atomic E-state index is 0.235. The topological polar surface area (TPSA) is 40.6 Å². The highest BCUT2D eigenvalue weighted by Gasteiger charge is 2.39. The standard InChI is InChI=1S/C19H18N2O2S/c1-20(2)16-17(24-15-11-7-4-8-12-15)19(23)21(18(16)22)13-14-9-5-3-6-10-14/h3-12H,13H2,1-2H3. The van der Waals surface area contributed by atoms with Crippen LogP contribution in [0.3, 0.4) is 0 Å². The molecule has 0 spiro atoms. The molecule has 122 valence electrons. The molecule has 4 nitrogen and oxygen atoms in total. The van der Waals surface area contributed by atoms with Crippen molar-refractivity contribution in [2.24, 2.45) is 0 Å². The lowest BCUT2D eigenvalue weighted by molar-refractivity contribution is -0.138. The van der Waals surface area contributed by atoms with E-state index in [9.17, 15) is 9.59 Å². The van der Waals surface area contributed by atoms with Crippen molar-refractivity contribution < 1.29 is 9.59 Å². The Kier molecular flexibility index (Phi) is 4.71. The van der Waals surface area contributed by atoms with Crippen LogP contribution in [0.2, 0.25) is 0 Å². The summed E-state index contributed by atoms with van der Waals surface area (Å²) in [5.41, 5.74) is 1.38. The summed E-state index contributed by atoms with van der Waals surface area (Å²) in [5.74, 6) is -0.478. The van der Waals surface area contributed by atoms with Crippen LogP contribution in [0.15, 0.2) is 76.2 Å². The first kappa shape index (κ1) is 16.3. The molecule has 5 heteroatoms. The van der Waals surface area contributed by atoms with Crippen LogP contribution < -0.4 is 0 Å². The van der Waals surface area contributed by atoms with E-state index in [1.807, 2.05) is 60.7 Å². The van der Waals surface area contributed by atoms with Crippen LogP contribution in [0, 0.1) is 0 Å². The third-order valence-corrected chi connectivity index (χ3v) is 4.78. The van der Waals surface area contributed by atoms with E-state index in [2.05, 4.69) is 0 Å². The first-order valence-corrected chi connectivity index (χ1v) is 8.44. The third-order valence-electron chi connectivity index (χ3n) is 3.70. The largest absolute Gasteiger partial charge is 0.372 e. The zero-order chi connectivity index (χ0) is 17.1. The number of thioether (sulfide) groups is 1. The molecule has 0 unspecified atom stereocenters. The van der Waals surface area contributed by atoms with E-state index in [0.29, 0.717) is 10.6 Å². The van der Waals surface area contributed by atoms with E-state index in [4.69, 9.17) is 0 Å². The van der Waals surface area contributed by atoms with Gasteiger partial charge in [0.1, 0.15) is 10.6 Å². The first-order chi connectivity index (χ1) is 11.6. The van der Waals surface area contributed by atoms with E-state index in [1.165, 1.54) is 16.7 Å². The van der Waals surface area contributed by atoms with Gasteiger partial charge in [0.2, 0.25) is 0 Å². The number of hydrogen-bond acceptors (Lipinski definition) is 4. The van der Waals surface area contributed by atoms with Gasteiger partial charge < -0.3 is 4.90 Å². The quantitative estimate of drug-likeness (QED) is 0.786. The molecule has 1 heterocycles. The number of nitrogens with zero attached hydrogens (tertiary/aromatic N) is 2. The number of carbonyl (C=O) groups excluding carboxylic acids is 2. The number of rotatable bonds is 5. The summed E-state index contributed by atoms with van der Waals surface area (Å²) >= 11 is 1.34. The van der Waals surface area contributed by atoms with E-state index < -0.39 is 0 Å². The van der Waals surface area contributed by atoms with Crippen LogP contribution in [-0.2, 0) is 16.1 Å². The van der Waals surface area contributed by atoms with Crippen LogP contribution in [0.5, 0.6) is 0 Å². The minimum atomic E-state index is -0.243. The second-order valence-corrected chi connectivity index (χ2v) is 6.75. The molecule has 3 rings (SSSR count). The molecule has 0 aromatic heterocycles. The predicted molar refractivity (Wildman–Crippen MR) is 95.0 cm³/mol. The van der Waals surface area contributed by atoms with Crippen LogP contribution in [0.1, 0.15) is 5.56 Å². The molecule has 24 heavy (non-hydrogen) atoms. The highest BCUT2D eigenvalue weighted by atomic mass is 32.2. The lowest BCUT2D eigenvalue weighted by Crippen LogP contribution is -2.32. The second kappa shape index (κ2) is 6.93. The van der Waals surface area contributed by atoms with Crippen molar-refractivity contribution >= 4 is 23.6 Å². The Hall–Kier alpha value is -2.53. The van der Waals surface area contributed by atoms with Crippen molar-refractivity contribution in [3.8, 4) is 0 Å². The summed E-state index contributed by atoms with van der Waals surface area (Å²) in [6.45, 7) is 0.286. The zero-order valence-corrected chi connectivity index (χ0v) is 14.4. The fourth-order valence-electron chi connectivity index (χ4n) is 2.54. The van der Waals surface area contributed by atoms with E-state index in [0.717, 1.165) is 10.5 Å². The Balaban J connectivity index is 1.90. The Bertz CT molecular complexity index is 786. The number of likely N-dealkylation sites (N-methyl/N-ethyl adjacent to an activating group) is 1. The molecule has 2 amide bonds. The van der Waals surface area contributed by atoms with Crippen molar-refractivity contribution in [1.82, 2.24) is 9.80 Å². The highest BCUT2D eigenvalue weighted by molar-refractivity contribution is 8.04. The molecule has 0 saturated carbocycles. The Morgan fingerprint density at radius 3 is 2.04 bits per heavy atom. The van der Waals surface area contributed by atoms with E-state index in [-0.39, 0.29) is 18.4 Å². The van der Waals surface area contributed by atoms with Crippen LogP contribution in [0.25, 0.3) is 0 Å². The van der Waals surface area contributed by atoms with Crippen molar-refractivity contribution in [3.05, 3.63) is 76.8 Å². The van der Waals surface area contributed by atoms with Gasteiger partial charge in [-0.25, -0.2) is 0 Å². The monoisotopic (exact) mass is 338 g/mol. The molecular formula is C19H18N2O2S. The van der Waals surface area contributed by atoms with Gasteiger partial charge in [-0.1, -0.05) is 60.3 Å². The molecule has 0 N–H and O–H groups in total. The molecule has 2 aromatic rings. The third kappa shape index (κ3) is 3.21. The summed E-state index contributed by atoms with van der Waals surface area (Å²) in [6.07, 6.45) is 0. The fourth-order valence-corrected chi connectivity index (χ4v) is 3.64. The molecule has 1 aliphatic rings. The predicted octanol–water partition coefficient (Wildman–Crippen LogP) is 3.12. The summed E-state index contributed by atoms with van der Waals surface area (Å²) < 4.78 is 0. The van der Waals surface area contributed by atoms with Gasteiger partial charge in [-0.15, -0.1) is 0 Å². The summed E-state index contributed by atoms with van der Waals surface area (Å²) in [4.78, 5) is 30.0. The maximum Gasteiger partial charge on any atom is 0.278 e. The molecule has 0 saturated heterocycles. The minimum Gasteiger partial charge on any atom is -0.372 e. The maximum absolute atomic E-state index is 12.8. The first-order valence-electron chi connectivity index (χ1n) is 7.62. The van der Waals surface area contributed by atoms with Gasteiger partial charge in [0.05, 0.1) is 6.54 Å². The molecule has 0 atom stereocenters. The van der Waals surface area contributed by atoms with Gasteiger partial charge in [0, 0.05) is 19.0 Å². The van der Waals surface area contributed by atoms with Gasteiger partial charge in [0.25, 0.3) is 11.8 Å². The fraction of sp³-hybridized carbons (Fsp3) is 0.158. The summed E-state index contributed by atoms with van der Waals surface area (Å²) in [7, 11) is 3.58. The van der Waals surface area contributed by atoms with Crippen molar-refractivity contribution in [2.45, 2.75) is 11.4 Å². The number of carbonyl (C=O) groups is 2. The summed E-state index contributed by atoms with van der Waals surface area (Å²) in [5, 5.41) is 0. The Labute approximate surface area is 145 Å². The van der Waals surface area contributed by atoms with Crippen molar-refractivity contribution in [3.63, 3.8) is 0 Å². The second-order valence-electron chi connectivity index (χ2n) is 5.67. The highest BCUT2D eigenvalue weighted by Crippen LogP contribution is 2.36. The molecule has 2 aromatic carbocycles. The van der Waals surface area contributed by atoms with Gasteiger partial charge in [-0.05, 0) is 17.7 Å². The van der Waals surface area contributed by atoms with Crippen LogP contribution in [-0.4, -0.2) is 35.7 Å². The van der Waals surface area contributed by atoms with Gasteiger partial charge >= 0.3 is 0 Å². The Morgan fingerprint density at radius 1 is 0.875 bits per heavy atom. The molecule has 0 radical (unpaired) electrons. The SMILES string of the molecule is CN(C)C1=C(Sc2ccccc2)C(=O)N(Cc2ccccc2)C1=O. The molecule has 0 fully saturated rings. The lowest BCUT2D eigenvalue weighted by atomic mass is 10.2. The summed E-state index contributed by atoms with van der Waals surface area (Å²) in [6, 6.07) is 19.2. The number of hydrogen-bond donors (Lipinski definition) is 0. The van der Waals surface area contributed by atoms with Crippen molar-refractivity contribution in [2.75, 3.05) is 14.1 Å². The Morgan fingerprint density at radius 2 is 1.46 bits per heavy atom. The van der Waals surface area contributed by atoms with Gasteiger partial charge in [-0.2, -0.15) is 0 Å². The number of benzene rings is 2. The van der Waals surface area contributed by atoms with Gasteiger partial charge in [0.15, 0.2) is 0 Å². The normalized spacial score (nSPS) is 14.5. The number of imide groups is 1. The lowest BCUT2D eigenvalue weighted by Gasteiger charge is -2.17. The van der Waals surface area contributed by atoms with Crippen LogP contribution >= 0.6 is 11.8 Å². The molecule has 0 bridgehead atoms.